The Morgan fingerprint density at radius 3 is 2.71 bits per heavy atom. The number of nitrogens with one attached hydrogen (secondary N) is 1. The number of halogens is 2. The zero-order valence-corrected chi connectivity index (χ0v) is 10.8. The molecule has 1 fully saturated rings. The minimum absolute atomic E-state index is 0. The van der Waals surface area contributed by atoms with Crippen molar-refractivity contribution in [3.8, 4) is 0 Å². The van der Waals surface area contributed by atoms with Crippen molar-refractivity contribution < 1.29 is 9.53 Å². The normalized spacial score (nSPS) is 19.9. The Balaban J connectivity index is 0.000000722. The maximum atomic E-state index is 11.6. The molecule has 3 heterocycles. The van der Waals surface area contributed by atoms with E-state index < -0.39 is 5.60 Å². The van der Waals surface area contributed by atoms with Gasteiger partial charge in [-0.05, 0) is 19.2 Å². The van der Waals surface area contributed by atoms with Gasteiger partial charge in [0.2, 0.25) is 0 Å². The number of aromatic nitrogens is 1. The summed E-state index contributed by atoms with van der Waals surface area (Å²) in [7, 11) is 0. The van der Waals surface area contributed by atoms with Gasteiger partial charge in [0.25, 0.3) is 0 Å². The van der Waals surface area contributed by atoms with E-state index >= 15 is 0 Å². The molecule has 1 saturated heterocycles. The summed E-state index contributed by atoms with van der Waals surface area (Å²) in [6.45, 7) is 1.78. The number of pyridine rings is 1. The van der Waals surface area contributed by atoms with Crippen LogP contribution < -0.4 is 5.32 Å². The molecule has 2 aliphatic rings. The summed E-state index contributed by atoms with van der Waals surface area (Å²) in [6, 6.07) is 3.82. The molecular weight excluding hydrogens is 263 g/mol. The lowest BCUT2D eigenvalue weighted by Crippen LogP contribution is -2.39. The van der Waals surface area contributed by atoms with E-state index in [0.29, 0.717) is 5.69 Å². The molecule has 94 valence electrons. The van der Waals surface area contributed by atoms with E-state index in [1.54, 1.807) is 6.20 Å². The predicted molar refractivity (Wildman–Crippen MR) is 67.9 cm³/mol. The fourth-order valence-electron chi connectivity index (χ4n) is 2.42. The summed E-state index contributed by atoms with van der Waals surface area (Å²) >= 11 is 0. The Kier molecular flexibility index (Phi) is 4.36. The van der Waals surface area contributed by atoms with Crippen LogP contribution in [0.15, 0.2) is 18.3 Å². The molecule has 0 aliphatic carbocycles. The number of hydrogen-bond donors (Lipinski definition) is 1. The Labute approximate surface area is 112 Å². The molecule has 0 aromatic carbocycles. The summed E-state index contributed by atoms with van der Waals surface area (Å²) in [5, 5.41) is 3.27. The average Bonchev–Trinajstić information content (AvgIpc) is 2.55. The highest BCUT2D eigenvalue weighted by Crippen LogP contribution is 2.41. The molecule has 6 heteroatoms. The summed E-state index contributed by atoms with van der Waals surface area (Å²) in [6.07, 6.45) is 3.33. The predicted octanol–water partition coefficient (Wildman–Crippen LogP) is 1.67. The fraction of sp³-hybridized carbons (Fsp3) is 0.455. The summed E-state index contributed by atoms with van der Waals surface area (Å²) < 4.78 is 5.52. The first-order chi connectivity index (χ1) is 7.32. The highest BCUT2D eigenvalue weighted by molar-refractivity contribution is 5.92. The molecule has 3 rings (SSSR count). The lowest BCUT2D eigenvalue weighted by Gasteiger charge is -2.32. The van der Waals surface area contributed by atoms with Crippen molar-refractivity contribution in [2.24, 2.45) is 0 Å². The van der Waals surface area contributed by atoms with E-state index in [0.717, 1.165) is 31.5 Å². The van der Waals surface area contributed by atoms with Crippen molar-refractivity contribution in [1.82, 2.24) is 10.3 Å². The molecule has 0 amide bonds. The quantitative estimate of drug-likeness (QED) is 0.733. The first-order valence-electron chi connectivity index (χ1n) is 5.21. The third kappa shape index (κ3) is 2.12. The van der Waals surface area contributed by atoms with Crippen LogP contribution in [0.4, 0.5) is 0 Å². The topological polar surface area (TPSA) is 51.2 Å². The van der Waals surface area contributed by atoms with E-state index in [1.807, 2.05) is 12.1 Å². The second-order valence-electron chi connectivity index (χ2n) is 4.03. The number of esters is 1. The van der Waals surface area contributed by atoms with Crippen LogP contribution in [0.1, 0.15) is 28.9 Å². The molecule has 0 unspecified atom stereocenters. The van der Waals surface area contributed by atoms with E-state index in [2.05, 4.69) is 10.3 Å². The summed E-state index contributed by atoms with van der Waals surface area (Å²) in [5.41, 5.74) is 1.07. The van der Waals surface area contributed by atoms with Crippen molar-refractivity contribution in [2.45, 2.75) is 18.4 Å². The molecule has 17 heavy (non-hydrogen) atoms. The Morgan fingerprint density at radius 2 is 2.00 bits per heavy atom. The number of nitrogens with zero attached hydrogens (tertiary/aromatic N) is 1. The van der Waals surface area contributed by atoms with E-state index in [-0.39, 0.29) is 30.8 Å². The second-order valence-corrected chi connectivity index (χ2v) is 4.03. The molecule has 0 bridgehead atoms. The van der Waals surface area contributed by atoms with Crippen LogP contribution in [0.2, 0.25) is 0 Å². The van der Waals surface area contributed by atoms with Gasteiger partial charge in [0, 0.05) is 24.6 Å². The number of fused-ring (bicyclic) bond motifs is 2. The Bertz CT molecular complexity index is 420. The number of ether oxygens (including phenoxy) is 1. The van der Waals surface area contributed by atoms with Gasteiger partial charge in [0.1, 0.15) is 5.60 Å². The molecule has 1 N–H and O–H groups in total. The average molecular weight is 277 g/mol. The molecular formula is C11H14Cl2N2O2. The van der Waals surface area contributed by atoms with Crippen molar-refractivity contribution >= 4 is 30.8 Å². The van der Waals surface area contributed by atoms with Crippen LogP contribution in [0.25, 0.3) is 0 Å². The van der Waals surface area contributed by atoms with Gasteiger partial charge in [0.15, 0.2) is 5.69 Å². The SMILES string of the molecule is Cl.Cl.O=C1OC2(CCNCC2)c2cccnc21. The summed E-state index contributed by atoms with van der Waals surface area (Å²) in [4.78, 5) is 15.7. The van der Waals surface area contributed by atoms with E-state index in [9.17, 15) is 4.79 Å². The third-order valence-corrected chi connectivity index (χ3v) is 3.19. The van der Waals surface area contributed by atoms with Crippen LogP contribution in [-0.2, 0) is 10.3 Å². The fourth-order valence-corrected chi connectivity index (χ4v) is 2.42. The lowest BCUT2D eigenvalue weighted by atomic mass is 9.86. The number of rotatable bonds is 0. The number of carbonyl (C=O) groups is 1. The molecule has 1 spiro atoms. The van der Waals surface area contributed by atoms with Crippen LogP contribution >= 0.6 is 24.8 Å². The Morgan fingerprint density at radius 1 is 1.29 bits per heavy atom. The lowest BCUT2D eigenvalue weighted by molar-refractivity contribution is -0.0242. The van der Waals surface area contributed by atoms with Crippen molar-refractivity contribution in [3.63, 3.8) is 0 Å². The smallest absolute Gasteiger partial charge is 0.358 e. The Hall–Kier alpha value is -0.840. The monoisotopic (exact) mass is 276 g/mol. The highest BCUT2D eigenvalue weighted by Gasteiger charge is 2.46. The first kappa shape index (κ1) is 14.2. The molecule has 1 aromatic heterocycles. The largest absolute Gasteiger partial charge is 0.449 e. The van der Waals surface area contributed by atoms with Gasteiger partial charge in [-0.25, -0.2) is 9.78 Å². The van der Waals surface area contributed by atoms with Gasteiger partial charge in [0.05, 0.1) is 0 Å². The zero-order chi connectivity index (χ0) is 10.3. The number of piperidine rings is 1. The van der Waals surface area contributed by atoms with Gasteiger partial charge >= 0.3 is 5.97 Å². The first-order valence-corrected chi connectivity index (χ1v) is 5.21. The highest BCUT2D eigenvalue weighted by atomic mass is 35.5. The van der Waals surface area contributed by atoms with Gasteiger partial charge in [-0.15, -0.1) is 24.8 Å². The van der Waals surface area contributed by atoms with Crippen molar-refractivity contribution in [3.05, 3.63) is 29.6 Å². The molecule has 0 saturated carbocycles. The summed E-state index contributed by atoms with van der Waals surface area (Å²) in [5.74, 6) is -0.271. The van der Waals surface area contributed by atoms with Crippen molar-refractivity contribution in [1.29, 1.82) is 0 Å². The van der Waals surface area contributed by atoms with Crippen LogP contribution in [0.3, 0.4) is 0 Å². The molecule has 0 radical (unpaired) electrons. The van der Waals surface area contributed by atoms with Gasteiger partial charge in [-0.1, -0.05) is 6.07 Å². The second kappa shape index (κ2) is 5.21. The van der Waals surface area contributed by atoms with Crippen LogP contribution in [-0.4, -0.2) is 24.0 Å². The maximum absolute atomic E-state index is 11.6. The minimum Gasteiger partial charge on any atom is -0.449 e. The standard InChI is InChI=1S/C11H12N2O2.2ClH/c14-10-9-8(2-1-5-13-9)11(15-10)3-6-12-7-4-11;;/h1-2,5,12H,3-4,6-7H2;2*1H. The van der Waals surface area contributed by atoms with E-state index in [1.165, 1.54) is 0 Å². The molecule has 4 nitrogen and oxygen atoms in total. The van der Waals surface area contributed by atoms with Crippen LogP contribution in [0.5, 0.6) is 0 Å². The molecule has 2 aliphatic heterocycles. The van der Waals surface area contributed by atoms with Crippen LogP contribution in [0, 0.1) is 0 Å². The maximum Gasteiger partial charge on any atom is 0.358 e. The molecule has 1 aromatic rings. The van der Waals surface area contributed by atoms with E-state index in [4.69, 9.17) is 4.74 Å². The number of carbonyl (C=O) groups excluding carboxylic acids is 1. The van der Waals surface area contributed by atoms with Gasteiger partial charge in [-0.2, -0.15) is 0 Å². The van der Waals surface area contributed by atoms with Gasteiger partial charge < -0.3 is 10.1 Å². The van der Waals surface area contributed by atoms with Crippen molar-refractivity contribution in [2.75, 3.05) is 13.1 Å². The zero-order valence-electron chi connectivity index (χ0n) is 9.14. The number of hydrogen-bond acceptors (Lipinski definition) is 4. The minimum atomic E-state index is -0.397. The third-order valence-electron chi connectivity index (χ3n) is 3.19. The van der Waals surface area contributed by atoms with Gasteiger partial charge in [-0.3, -0.25) is 0 Å². The molecule has 0 atom stereocenters.